The maximum atomic E-state index is 12.4. The Labute approximate surface area is 137 Å². The molecule has 0 heterocycles. The molecule has 2 aromatic rings. The zero-order valence-corrected chi connectivity index (χ0v) is 13.7. The van der Waals surface area contributed by atoms with Crippen molar-refractivity contribution in [2.75, 3.05) is 25.7 Å². The van der Waals surface area contributed by atoms with E-state index in [4.69, 9.17) is 9.47 Å². The fourth-order valence-corrected chi connectivity index (χ4v) is 2.29. The number of anilines is 1. The van der Waals surface area contributed by atoms with Crippen molar-refractivity contribution in [3.05, 3.63) is 60.2 Å². The van der Waals surface area contributed by atoms with Gasteiger partial charge in [0, 0.05) is 18.3 Å². The fourth-order valence-electron chi connectivity index (χ4n) is 2.29. The molecule has 0 aliphatic carbocycles. The van der Waals surface area contributed by atoms with Crippen LogP contribution in [0.4, 0.5) is 5.69 Å². The SMILES string of the molecule is CCN(C(=O)C=Cc1ccc(OC)c(OC)c1)c1ccccc1. The van der Waals surface area contributed by atoms with Crippen LogP contribution in [0.25, 0.3) is 6.08 Å². The molecule has 0 saturated heterocycles. The van der Waals surface area contributed by atoms with Crippen LogP contribution in [0.3, 0.4) is 0 Å². The quantitative estimate of drug-likeness (QED) is 0.762. The second kappa shape index (κ2) is 8.03. The zero-order valence-electron chi connectivity index (χ0n) is 13.7. The molecule has 0 N–H and O–H groups in total. The van der Waals surface area contributed by atoms with Crippen molar-refractivity contribution in [2.45, 2.75) is 6.92 Å². The highest BCUT2D eigenvalue weighted by Crippen LogP contribution is 2.28. The molecule has 2 rings (SSSR count). The number of carbonyl (C=O) groups excluding carboxylic acids is 1. The van der Waals surface area contributed by atoms with Gasteiger partial charge in [0.1, 0.15) is 0 Å². The van der Waals surface area contributed by atoms with Crippen molar-refractivity contribution >= 4 is 17.7 Å². The topological polar surface area (TPSA) is 38.8 Å². The lowest BCUT2D eigenvalue weighted by atomic mass is 10.2. The second-order valence-electron chi connectivity index (χ2n) is 4.87. The van der Waals surface area contributed by atoms with Gasteiger partial charge in [0.2, 0.25) is 0 Å². The molecule has 120 valence electrons. The normalized spacial score (nSPS) is 10.6. The summed E-state index contributed by atoms with van der Waals surface area (Å²) >= 11 is 0. The number of hydrogen-bond acceptors (Lipinski definition) is 3. The Bertz CT molecular complexity index is 680. The van der Waals surface area contributed by atoms with Crippen molar-refractivity contribution in [1.82, 2.24) is 0 Å². The van der Waals surface area contributed by atoms with E-state index < -0.39 is 0 Å². The Hall–Kier alpha value is -2.75. The summed E-state index contributed by atoms with van der Waals surface area (Å²) in [4.78, 5) is 14.1. The van der Waals surface area contributed by atoms with E-state index in [1.165, 1.54) is 0 Å². The van der Waals surface area contributed by atoms with Crippen molar-refractivity contribution in [3.8, 4) is 11.5 Å². The number of ether oxygens (including phenoxy) is 2. The van der Waals surface area contributed by atoms with E-state index in [2.05, 4.69) is 0 Å². The first-order valence-electron chi connectivity index (χ1n) is 7.46. The Morgan fingerprint density at radius 1 is 1.04 bits per heavy atom. The van der Waals surface area contributed by atoms with E-state index >= 15 is 0 Å². The van der Waals surface area contributed by atoms with Crippen LogP contribution >= 0.6 is 0 Å². The minimum absolute atomic E-state index is 0.0616. The molecule has 0 aliphatic heterocycles. The van der Waals surface area contributed by atoms with Crippen LogP contribution in [0.15, 0.2) is 54.6 Å². The van der Waals surface area contributed by atoms with Gasteiger partial charge in [-0.25, -0.2) is 0 Å². The lowest BCUT2D eigenvalue weighted by molar-refractivity contribution is -0.114. The lowest BCUT2D eigenvalue weighted by Crippen LogP contribution is -2.28. The van der Waals surface area contributed by atoms with Gasteiger partial charge in [-0.2, -0.15) is 0 Å². The summed E-state index contributed by atoms with van der Waals surface area (Å²) in [5.74, 6) is 1.24. The standard InChI is InChI=1S/C19H21NO3/c1-4-20(16-8-6-5-7-9-16)19(21)13-11-15-10-12-17(22-2)18(14-15)23-3/h5-14H,4H2,1-3H3. The zero-order chi connectivity index (χ0) is 16.7. The molecule has 0 bridgehead atoms. The second-order valence-corrected chi connectivity index (χ2v) is 4.87. The number of amides is 1. The summed E-state index contributed by atoms with van der Waals surface area (Å²) in [5.41, 5.74) is 1.76. The van der Waals surface area contributed by atoms with Crippen LogP contribution < -0.4 is 14.4 Å². The van der Waals surface area contributed by atoms with Crippen molar-refractivity contribution in [2.24, 2.45) is 0 Å². The number of benzene rings is 2. The summed E-state index contributed by atoms with van der Waals surface area (Å²) < 4.78 is 10.5. The van der Waals surface area contributed by atoms with E-state index in [1.54, 1.807) is 31.3 Å². The summed E-state index contributed by atoms with van der Waals surface area (Å²) in [6, 6.07) is 15.1. The van der Waals surface area contributed by atoms with E-state index in [-0.39, 0.29) is 5.91 Å². The first-order chi connectivity index (χ1) is 11.2. The fraction of sp³-hybridized carbons (Fsp3) is 0.211. The molecule has 4 heteroatoms. The number of carbonyl (C=O) groups is 1. The van der Waals surface area contributed by atoms with Crippen LogP contribution in [0, 0.1) is 0 Å². The molecule has 2 aromatic carbocycles. The van der Waals surface area contributed by atoms with Crippen LogP contribution in [0.5, 0.6) is 11.5 Å². The monoisotopic (exact) mass is 311 g/mol. The van der Waals surface area contributed by atoms with Gasteiger partial charge in [0.05, 0.1) is 14.2 Å². The third-order valence-electron chi connectivity index (χ3n) is 3.48. The lowest BCUT2D eigenvalue weighted by Gasteiger charge is -2.19. The molecule has 1 amide bonds. The van der Waals surface area contributed by atoms with Crippen LogP contribution in [-0.2, 0) is 4.79 Å². The predicted octanol–water partition coefficient (Wildman–Crippen LogP) is 3.77. The van der Waals surface area contributed by atoms with Gasteiger partial charge in [0.15, 0.2) is 11.5 Å². The van der Waals surface area contributed by atoms with E-state index in [1.807, 2.05) is 55.5 Å². The molecular weight excluding hydrogens is 290 g/mol. The van der Waals surface area contributed by atoms with Crippen LogP contribution in [0.1, 0.15) is 12.5 Å². The number of nitrogens with zero attached hydrogens (tertiary/aromatic N) is 1. The molecule has 0 atom stereocenters. The Balaban J connectivity index is 2.17. The van der Waals surface area contributed by atoms with Gasteiger partial charge in [-0.1, -0.05) is 24.3 Å². The molecule has 0 spiro atoms. The Morgan fingerprint density at radius 3 is 2.35 bits per heavy atom. The first kappa shape index (κ1) is 16.6. The Kier molecular flexibility index (Phi) is 5.80. The highest BCUT2D eigenvalue weighted by Gasteiger charge is 2.10. The number of rotatable bonds is 6. The van der Waals surface area contributed by atoms with Gasteiger partial charge in [0.25, 0.3) is 5.91 Å². The van der Waals surface area contributed by atoms with Gasteiger partial charge in [-0.15, -0.1) is 0 Å². The minimum Gasteiger partial charge on any atom is -0.493 e. The number of para-hydroxylation sites is 1. The molecule has 0 unspecified atom stereocenters. The minimum atomic E-state index is -0.0616. The highest BCUT2D eigenvalue weighted by molar-refractivity contribution is 6.03. The molecule has 23 heavy (non-hydrogen) atoms. The van der Waals surface area contributed by atoms with Crippen molar-refractivity contribution in [1.29, 1.82) is 0 Å². The summed E-state index contributed by atoms with van der Waals surface area (Å²) in [7, 11) is 3.18. The third kappa shape index (κ3) is 4.13. The molecule has 0 radical (unpaired) electrons. The van der Waals surface area contributed by atoms with E-state index in [0.717, 1.165) is 11.3 Å². The van der Waals surface area contributed by atoms with Gasteiger partial charge in [-0.05, 0) is 42.8 Å². The summed E-state index contributed by atoms with van der Waals surface area (Å²) in [5, 5.41) is 0. The van der Waals surface area contributed by atoms with Gasteiger partial charge in [-0.3, -0.25) is 4.79 Å². The number of likely N-dealkylation sites (N-methyl/N-ethyl adjacent to an activating group) is 1. The molecule has 0 fully saturated rings. The molecule has 0 aliphatic rings. The van der Waals surface area contributed by atoms with E-state index in [9.17, 15) is 4.79 Å². The highest BCUT2D eigenvalue weighted by atomic mass is 16.5. The average Bonchev–Trinajstić information content (AvgIpc) is 2.61. The predicted molar refractivity (Wildman–Crippen MR) is 93.0 cm³/mol. The number of methoxy groups -OCH3 is 2. The number of hydrogen-bond donors (Lipinski definition) is 0. The maximum absolute atomic E-state index is 12.4. The van der Waals surface area contributed by atoms with Gasteiger partial charge >= 0.3 is 0 Å². The first-order valence-corrected chi connectivity index (χ1v) is 7.46. The van der Waals surface area contributed by atoms with Crippen molar-refractivity contribution in [3.63, 3.8) is 0 Å². The van der Waals surface area contributed by atoms with Crippen molar-refractivity contribution < 1.29 is 14.3 Å². The summed E-state index contributed by atoms with van der Waals surface area (Å²) in [6.45, 7) is 2.56. The largest absolute Gasteiger partial charge is 0.493 e. The molecular formula is C19H21NO3. The molecule has 0 aromatic heterocycles. The van der Waals surface area contributed by atoms with Gasteiger partial charge < -0.3 is 14.4 Å². The maximum Gasteiger partial charge on any atom is 0.250 e. The van der Waals surface area contributed by atoms with Crippen LogP contribution in [-0.4, -0.2) is 26.7 Å². The van der Waals surface area contributed by atoms with Crippen LogP contribution in [0.2, 0.25) is 0 Å². The van der Waals surface area contributed by atoms with E-state index in [0.29, 0.717) is 18.0 Å². The molecule has 0 saturated carbocycles. The summed E-state index contributed by atoms with van der Waals surface area (Å²) in [6.07, 6.45) is 3.34. The Morgan fingerprint density at radius 2 is 1.74 bits per heavy atom. The molecule has 4 nitrogen and oxygen atoms in total. The average molecular weight is 311 g/mol. The smallest absolute Gasteiger partial charge is 0.250 e. The third-order valence-corrected chi connectivity index (χ3v) is 3.48.